The van der Waals surface area contributed by atoms with Crippen LogP contribution < -0.4 is 5.73 Å². The molecule has 0 spiro atoms. The van der Waals surface area contributed by atoms with E-state index >= 15 is 0 Å². The van der Waals surface area contributed by atoms with Gasteiger partial charge < -0.3 is 15.6 Å². The molecule has 0 saturated heterocycles. The number of nitrogens with zero attached hydrogens (tertiary/aromatic N) is 1. The Hall–Kier alpha value is -1.42. The highest BCUT2D eigenvalue weighted by Gasteiger charge is 2.05. The second kappa shape index (κ2) is 3.82. The summed E-state index contributed by atoms with van der Waals surface area (Å²) in [6.07, 6.45) is 1.28. The molecule has 4 nitrogen and oxygen atoms in total. The first-order valence-electron chi connectivity index (χ1n) is 3.56. The highest BCUT2D eigenvalue weighted by atomic mass is 16.3. The van der Waals surface area contributed by atoms with Crippen LogP contribution in [0.15, 0.2) is 18.3 Å². The van der Waals surface area contributed by atoms with E-state index in [9.17, 15) is 4.79 Å². The molecule has 12 heavy (non-hydrogen) atoms. The first kappa shape index (κ1) is 8.67. The predicted octanol–water partition coefficient (Wildman–Crippen LogP) is -0.234. The fraction of sp³-hybridized carbons (Fsp3) is 0.250. The summed E-state index contributed by atoms with van der Waals surface area (Å²) in [6, 6.07) is 3.44. The number of nitrogen functional groups attached to an aromatic ring is 1. The van der Waals surface area contributed by atoms with Crippen molar-refractivity contribution in [2.24, 2.45) is 0 Å². The Balaban J connectivity index is 2.75. The van der Waals surface area contributed by atoms with Gasteiger partial charge in [-0.15, -0.1) is 0 Å². The summed E-state index contributed by atoms with van der Waals surface area (Å²) in [5.41, 5.74) is 6.18. The molecule has 0 aliphatic rings. The van der Waals surface area contributed by atoms with E-state index in [2.05, 4.69) is 4.98 Å². The average Bonchev–Trinajstić information content (AvgIpc) is 2.09. The molecule has 0 bridgehead atoms. The summed E-state index contributed by atoms with van der Waals surface area (Å²) >= 11 is 0. The second-order valence-corrected chi connectivity index (χ2v) is 2.46. The topological polar surface area (TPSA) is 76.2 Å². The molecule has 4 heteroatoms. The van der Waals surface area contributed by atoms with E-state index in [1.54, 1.807) is 18.3 Å². The molecule has 0 aromatic carbocycles. The molecule has 1 heterocycles. The quantitative estimate of drug-likeness (QED) is 0.608. The van der Waals surface area contributed by atoms with Gasteiger partial charge in [0.05, 0.1) is 0 Å². The van der Waals surface area contributed by atoms with Crippen LogP contribution in [-0.4, -0.2) is 22.5 Å². The normalized spacial score (nSPS) is 12.4. The predicted molar refractivity (Wildman–Crippen MR) is 44.4 cm³/mol. The lowest BCUT2D eigenvalue weighted by atomic mass is 10.1. The number of nitrogens with two attached hydrogens (primary N) is 1. The zero-order valence-electron chi connectivity index (χ0n) is 6.47. The van der Waals surface area contributed by atoms with Gasteiger partial charge in [0.25, 0.3) is 0 Å². The SMILES string of the molecule is Nc1ncccc1CC(O)C=O. The van der Waals surface area contributed by atoms with Gasteiger partial charge in [0.1, 0.15) is 18.2 Å². The number of aliphatic hydroxyl groups is 1. The van der Waals surface area contributed by atoms with Crippen molar-refractivity contribution in [2.75, 3.05) is 5.73 Å². The minimum atomic E-state index is -0.989. The summed E-state index contributed by atoms with van der Waals surface area (Å²) in [7, 11) is 0. The number of carbonyl (C=O) groups is 1. The molecular formula is C8H10N2O2. The number of rotatable bonds is 3. The highest BCUT2D eigenvalue weighted by Crippen LogP contribution is 2.08. The van der Waals surface area contributed by atoms with Crippen LogP contribution >= 0.6 is 0 Å². The first-order valence-corrected chi connectivity index (χ1v) is 3.56. The summed E-state index contributed by atoms with van der Waals surface area (Å²) < 4.78 is 0. The first-order chi connectivity index (χ1) is 5.74. The van der Waals surface area contributed by atoms with E-state index in [1.807, 2.05) is 0 Å². The molecule has 1 unspecified atom stereocenters. The Morgan fingerprint density at radius 2 is 2.50 bits per heavy atom. The monoisotopic (exact) mass is 166 g/mol. The number of aliphatic hydroxyl groups excluding tert-OH is 1. The Morgan fingerprint density at radius 1 is 1.75 bits per heavy atom. The van der Waals surface area contributed by atoms with Gasteiger partial charge in [-0.3, -0.25) is 0 Å². The van der Waals surface area contributed by atoms with Crippen LogP contribution in [0, 0.1) is 0 Å². The molecule has 1 aromatic heterocycles. The average molecular weight is 166 g/mol. The number of carbonyl (C=O) groups excluding carboxylic acids is 1. The van der Waals surface area contributed by atoms with Crippen LogP contribution in [0.4, 0.5) is 5.82 Å². The van der Waals surface area contributed by atoms with Gasteiger partial charge in [0.15, 0.2) is 0 Å². The fourth-order valence-electron chi connectivity index (χ4n) is 0.897. The van der Waals surface area contributed by atoms with E-state index in [4.69, 9.17) is 10.8 Å². The zero-order chi connectivity index (χ0) is 8.97. The van der Waals surface area contributed by atoms with E-state index in [0.717, 1.165) is 0 Å². The number of pyridine rings is 1. The molecule has 0 saturated carbocycles. The third-order valence-electron chi connectivity index (χ3n) is 1.51. The maximum absolute atomic E-state index is 10.1. The lowest BCUT2D eigenvalue weighted by Gasteiger charge is -2.04. The Bertz CT molecular complexity index is 276. The van der Waals surface area contributed by atoms with E-state index in [-0.39, 0.29) is 6.42 Å². The van der Waals surface area contributed by atoms with Crippen molar-refractivity contribution >= 4 is 12.1 Å². The van der Waals surface area contributed by atoms with Crippen molar-refractivity contribution < 1.29 is 9.90 Å². The van der Waals surface area contributed by atoms with Crippen molar-refractivity contribution in [1.82, 2.24) is 4.98 Å². The maximum Gasteiger partial charge on any atom is 0.148 e. The second-order valence-electron chi connectivity index (χ2n) is 2.46. The molecule has 3 N–H and O–H groups in total. The van der Waals surface area contributed by atoms with E-state index in [0.29, 0.717) is 17.7 Å². The Morgan fingerprint density at radius 3 is 3.08 bits per heavy atom. The standard InChI is InChI=1S/C8H10N2O2/c9-8-6(2-1-3-10-8)4-7(12)5-11/h1-3,5,7,12H,4H2,(H2,9,10). The fourth-order valence-corrected chi connectivity index (χ4v) is 0.897. The maximum atomic E-state index is 10.1. The number of anilines is 1. The lowest BCUT2D eigenvalue weighted by Crippen LogP contribution is -2.13. The van der Waals surface area contributed by atoms with Crippen LogP contribution in [-0.2, 0) is 11.2 Å². The Labute approximate surface area is 70.0 Å². The minimum absolute atomic E-state index is 0.225. The molecule has 0 aliphatic heterocycles. The number of hydrogen-bond acceptors (Lipinski definition) is 4. The largest absolute Gasteiger partial charge is 0.385 e. The third kappa shape index (κ3) is 2.03. The van der Waals surface area contributed by atoms with Crippen LogP contribution in [0.2, 0.25) is 0 Å². The smallest absolute Gasteiger partial charge is 0.148 e. The Kier molecular flexibility index (Phi) is 2.76. The molecule has 0 fully saturated rings. The van der Waals surface area contributed by atoms with Crippen LogP contribution in [0.5, 0.6) is 0 Å². The van der Waals surface area contributed by atoms with Gasteiger partial charge in [-0.1, -0.05) is 6.07 Å². The van der Waals surface area contributed by atoms with Gasteiger partial charge in [-0.25, -0.2) is 4.98 Å². The molecular weight excluding hydrogens is 156 g/mol. The number of aromatic nitrogens is 1. The third-order valence-corrected chi connectivity index (χ3v) is 1.51. The van der Waals surface area contributed by atoms with E-state index in [1.165, 1.54) is 0 Å². The molecule has 1 rings (SSSR count). The summed E-state index contributed by atoms with van der Waals surface area (Å²) in [4.78, 5) is 13.9. The minimum Gasteiger partial charge on any atom is -0.385 e. The molecule has 64 valence electrons. The lowest BCUT2D eigenvalue weighted by molar-refractivity contribution is -0.114. The summed E-state index contributed by atoms with van der Waals surface area (Å²) in [6.45, 7) is 0. The zero-order valence-corrected chi connectivity index (χ0v) is 6.47. The van der Waals surface area contributed by atoms with Crippen LogP contribution in [0.25, 0.3) is 0 Å². The molecule has 0 aliphatic carbocycles. The summed E-state index contributed by atoms with van der Waals surface area (Å²) in [5, 5.41) is 8.98. The van der Waals surface area contributed by atoms with Crippen molar-refractivity contribution in [3.05, 3.63) is 23.9 Å². The molecule has 0 radical (unpaired) electrons. The van der Waals surface area contributed by atoms with E-state index < -0.39 is 6.10 Å². The van der Waals surface area contributed by atoms with Gasteiger partial charge >= 0.3 is 0 Å². The van der Waals surface area contributed by atoms with Gasteiger partial charge in [0, 0.05) is 12.6 Å². The number of aldehydes is 1. The van der Waals surface area contributed by atoms with Crippen LogP contribution in [0.1, 0.15) is 5.56 Å². The molecule has 1 aromatic rings. The molecule has 1 atom stereocenters. The number of hydrogen-bond donors (Lipinski definition) is 2. The summed E-state index contributed by atoms with van der Waals surface area (Å²) in [5.74, 6) is 0.360. The van der Waals surface area contributed by atoms with Gasteiger partial charge in [-0.05, 0) is 11.6 Å². The van der Waals surface area contributed by atoms with Crippen molar-refractivity contribution in [2.45, 2.75) is 12.5 Å². The van der Waals surface area contributed by atoms with Gasteiger partial charge in [0.2, 0.25) is 0 Å². The van der Waals surface area contributed by atoms with Crippen molar-refractivity contribution in [3.8, 4) is 0 Å². The van der Waals surface area contributed by atoms with Gasteiger partial charge in [-0.2, -0.15) is 0 Å². The van der Waals surface area contributed by atoms with Crippen molar-refractivity contribution in [3.63, 3.8) is 0 Å². The van der Waals surface area contributed by atoms with Crippen molar-refractivity contribution in [1.29, 1.82) is 0 Å². The highest BCUT2D eigenvalue weighted by molar-refractivity contribution is 5.57. The van der Waals surface area contributed by atoms with Crippen LogP contribution in [0.3, 0.4) is 0 Å². The molecule has 0 amide bonds.